The summed E-state index contributed by atoms with van der Waals surface area (Å²) in [4.78, 5) is 2.37. The highest BCUT2D eigenvalue weighted by Gasteiger charge is 2.21. The van der Waals surface area contributed by atoms with Crippen molar-refractivity contribution in [1.29, 1.82) is 5.26 Å². The van der Waals surface area contributed by atoms with Crippen LogP contribution in [0.4, 0.5) is 11.4 Å². The molecule has 1 fully saturated rings. The Kier molecular flexibility index (Phi) is 4.67. The van der Waals surface area contributed by atoms with Gasteiger partial charge in [0.25, 0.3) is 0 Å². The Bertz CT molecular complexity index is 923. The minimum absolute atomic E-state index is 0.183. The first-order chi connectivity index (χ1) is 12.0. The van der Waals surface area contributed by atoms with Crippen molar-refractivity contribution < 1.29 is 8.42 Å². The number of aromatic nitrogens is 4. The first-order valence-electron chi connectivity index (χ1n) is 7.69. The number of nitrogens with one attached hydrogen (secondary N) is 2. The highest BCUT2D eigenvalue weighted by Crippen LogP contribution is 2.31. The largest absolute Gasteiger partial charge is 0.370 e. The van der Waals surface area contributed by atoms with Crippen LogP contribution in [0.5, 0.6) is 0 Å². The molecule has 0 saturated carbocycles. The van der Waals surface area contributed by atoms with Crippen molar-refractivity contribution in [2.45, 2.75) is 17.7 Å². The van der Waals surface area contributed by atoms with E-state index in [9.17, 15) is 13.7 Å². The first kappa shape index (κ1) is 16.9. The molecule has 0 unspecified atom stereocenters. The predicted octanol–water partition coefficient (Wildman–Crippen LogP) is 1.18. The second kappa shape index (κ2) is 6.90. The lowest BCUT2D eigenvalue weighted by Gasteiger charge is -2.21. The molecule has 1 saturated heterocycles. The van der Waals surface area contributed by atoms with Gasteiger partial charge in [0.15, 0.2) is 9.84 Å². The molecular formula is C15H17N7O2S. The van der Waals surface area contributed by atoms with Gasteiger partial charge in [-0.2, -0.15) is 10.5 Å². The maximum Gasteiger partial charge on any atom is 0.216 e. The molecule has 130 valence electrons. The van der Waals surface area contributed by atoms with Crippen molar-refractivity contribution in [2.24, 2.45) is 0 Å². The number of rotatable bonds is 5. The Morgan fingerprint density at radius 1 is 1.40 bits per heavy atom. The Hall–Kier alpha value is -2.93. The number of sulfone groups is 1. The number of allylic oxidation sites excluding steroid dienone is 1. The van der Waals surface area contributed by atoms with Crippen molar-refractivity contribution in [3.8, 4) is 6.07 Å². The molecule has 0 aliphatic carbocycles. The average molecular weight is 359 g/mol. The molecule has 1 aromatic carbocycles. The average Bonchev–Trinajstić information content (AvgIpc) is 3.28. The van der Waals surface area contributed by atoms with Gasteiger partial charge < -0.3 is 10.2 Å². The number of anilines is 2. The molecule has 0 bridgehead atoms. The van der Waals surface area contributed by atoms with E-state index in [0.717, 1.165) is 25.9 Å². The normalized spacial score (nSPS) is 15.2. The summed E-state index contributed by atoms with van der Waals surface area (Å²) in [5, 5.41) is 25.4. The molecular weight excluding hydrogens is 342 g/mol. The molecule has 0 atom stereocenters. The molecule has 1 aromatic heterocycles. The quantitative estimate of drug-likeness (QED) is 0.762. The summed E-state index contributed by atoms with van der Waals surface area (Å²) in [7, 11) is -3.33. The van der Waals surface area contributed by atoms with Crippen LogP contribution in [0.25, 0.3) is 5.57 Å². The standard InChI is InChI=1S/C15H17N7O2S/c1-25(23,24)14-5-4-12(8-13(14)22-6-2-3-7-22)17-10-11(9-16)15-18-20-21-19-15/h4-5,8,10,17H,2-3,6-7H2,1H3,(H,18,19,20,21). The molecule has 0 spiro atoms. The van der Waals surface area contributed by atoms with Gasteiger partial charge in [-0.1, -0.05) is 0 Å². The van der Waals surface area contributed by atoms with E-state index < -0.39 is 9.84 Å². The second-order valence-electron chi connectivity index (χ2n) is 5.70. The van der Waals surface area contributed by atoms with Gasteiger partial charge in [0.2, 0.25) is 5.82 Å². The van der Waals surface area contributed by atoms with E-state index in [4.69, 9.17) is 0 Å². The molecule has 3 rings (SSSR count). The molecule has 1 aliphatic heterocycles. The molecule has 2 aromatic rings. The van der Waals surface area contributed by atoms with Crippen molar-refractivity contribution >= 4 is 26.8 Å². The lowest BCUT2D eigenvalue weighted by molar-refractivity contribution is 0.601. The summed E-state index contributed by atoms with van der Waals surface area (Å²) in [5.41, 5.74) is 1.56. The zero-order valence-electron chi connectivity index (χ0n) is 13.6. The second-order valence-corrected chi connectivity index (χ2v) is 7.68. The third kappa shape index (κ3) is 3.77. The molecule has 0 radical (unpaired) electrons. The third-order valence-electron chi connectivity index (χ3n) is 3.90. The van der Waals surface area contributed by atoms with Gasteiger partial charge in [-0.25, -0.2) is 8.42 Å². The van der Waals surface area contributed by atoms with Gasteiger partial charge in [0.1, 0.15) is 11.6 Å². The number of H-pyrrole nitrogens is 1. The van der Waals surface area contributed by atoms with Gasteiger partial charge in [-0.15, -0.1) is 10.2 Å². The summed E-state index contributed by atoms with van der Waals surface area (Å²) in [6, 6.07) is 7.02. The van der Waals surface area contributed by atoms with Gasteiger partial charge in [-0.05, 0) is 36.3 Å². The van der Waals surface area contributed by atoms with Crippen LogP contribution in [0.1, 0.15) is 18.7 Å². The zero-order chi connectivity index (χ0) is 17.9. The number of tetrazole rings is 1. The monoisotopic (exact) mass is 359 g/mol. The fraction of sp³-hybridized carbons (Fsp3) is 0.333. The van der Waals surface area contributed by atoms with E-state index in [-0.39, 0.29) is 11.4 Å². The van der Waals surface area contributed by atoms with Crippen LogP contribution in [0, 0.1) is 11.3 Å². The lowest BCUT2D eigenvalue weighted by Crippen LogP contribution is -2.20. The Labute approximate surface area is 145 Å². The summed E-state index contributed by atoms with van der Waals surface area (Å²) < 4.78 is 24.1. The third-order valence-corrected chi connectivity index (χ3v) is 5.04. The van der Waals surface area contributed by atoms with E-state index in [1.807, 2.05) is 6.07 Å². The molecule has 25 heavy (non-hydrogen) atoms. The van der Waals surface area contributed by atoms with Crippen molar-refractivity contribution in [2.75, 3.05) is 29.6 Å². The highest BCUT2D eigenvalue weighted by atomic mass is 32.2. The van der Waals surface area contributed by atoms with E-state index >= 15 is 0 Å². The number of benzene rings is 1. The summed E-state index contributed by atoms with van der Waals surface area (Å²) in [5.74, 6) is 0.183. The molecule has 2 N–H and O–H groups in total. The molecule has 9 nitrogen and oxygen atoms in total. The summed E-state index contributed by atoms with van der Waals surface area (Å²) >= 11 is 0. The van der Waals surface area contributed by atoms with Gasteiger partial charge in [0.05, 0.1) is 10.6 Å². The molecule has 10 heteroatoms. The lowest BCUT2D eigenvalue weighted by atomic mass is 10.2. The minimum atomic E-state index is -3.33. The Morgan fingerprint density at radius 2 is 2.16 bits per heavy atom. The molecule has 0 amide bonds. The van der Waals surface area contributed by atoms with Crippen LogP contribution in [0.3, 0.4) is 0 Å². The van der Waals surface area contributed by atoms with Crippen LogP contribution in [-0.4, -0.2) is 48.4 Å². The first-order valence-corrected chi connectivity index (χ1v) is 9.58. The minimum Gasteiger partial charge on any atom is -0.370 e. The number of hydrogen-bond acceptors (Lipinski definition) is 8. The topological polar surface area (TPSA) is 128 Å². The SMILES string of the molecule is CS(=O)(=O)c1ccc(NC=C(C#N)c2nn[nH]n2)cc1N1CCCC1. The number of hydrogen-bond donors (Lipinski definition) is 2. The van der Waals surface area contributed by atoms with E-state index in [1.165, 1.54) is 12.5 Å². The van der Waals surface area contributed by atoms with E-state index in [1.54, 1.807) is 18.2 Å². The smallest absolute Gasteiger partial charge is 0.216 e. The van der Waals surface area contributed by atoms with Crippen molar-refractivity contribution in [3.05, 3.63) is 30.2 Å². The Balaban J connectivity index is 1.93. The van der Waals surface area contributed by atoms with Crippen molar-refractivity contribution in [1.82, 2.24) is 20.6 Å². The number of aromatic amines is 1. The van der Waals surface area contributed by atoms with E-state index in [0.29, 0.717) is 16.3 Å². The van der Waals surface area contributed by atoms with Crippen molar-refractivity contribution in [3.63, 3.8) is 0 Å². The Morgan fingerprint density at radius 3 is 2.76 bits per heavy atom. The fourth-order valence-electron chi connectivity index (χ4n) is 2.70. The predicted molar refractivity (Wildman–Crippen MR) is 92.4 cm³/mol. The van der Waals surface area contributed by atoms with E-state index in [2.05, 4.69) is 30.8 Å². The van der Waals surface area contributed by atoms with Gasteiger partial charge in [0, 0.05) is 31.2 Å². The number of nitrogens with zero attached hydrogens (tertiary/aromatic N) is 5. The maximum absolute atomic E-state index is 12.1. The van der Waals surface area contributed by atoms with Gasteiger partial charge in [-0.3, -0.25) is 0 Å². The van der Waals surface area contributed by atoms with Crippen LogP contribution in [-0.2, 0) is 9.84 Å². The van der Waals surface area contributed by atoms with Crippen LogP contribution in [0.15, 0.2) is 29.3 Å². The summed E-state index contributed by atoms with van der Waals surface area (Å²) in [6.45, 7) is 1.65. The van der Waals surface area contributed by atoms with Crippen LogP contribution >= 0.6 is 0 Å². The molecule has 2 heterocycles. The summed E-state index contributed by atoms with van der Waals surface area (Å²) in [6.07, 6.45) is 4.75. The zero-order valence-corrected chi connectivity index (χ0v) is 14.4. The number of nitriles is 1. The molecule has 1 aliphatic rings. The van der Waals surface area contributed by atoms with Gasteiger partial charge >= 0.3 is 0 Å². The van der Waals surface area contributed by atoms with Crippen LogP contribution in [0.2, 0.25) is 0 Å². The fourth-order valence-corrected chi connectivity index (χ4v) is 3.59. The maximum atomic E-state index is 12.1. The highest BCUT2D eigenvalue weighted by molar-refractivity contribution is 7.90. The van der Waals surface area contributed by atoms with Crippen LogP contribution < -0.4 is 10.2 Å².